The molecule has 0 N–H and O–H groups in total. The second kappa shape index (κ2) is 8.59. The average Bonchev–Trinajstić information content (AvgIpc) is 2.12. The van der Waals surface area contributed by atoms with E-state index in [1.807, 2.05) is 0 Å². The molecule has 0 aliphatic heterocycles. The zero-order chi connectivity index (χ0) is 10.1. The van der Waals surface area contributed by atoms with Crippen LogP contribution in [-0.4, -0.2) is 0 Å². The molecular formula is C13H28. The zero-order valence-electron chi connectivity index (χ0n) is 10.1. The Balaban J connectivity index is 3.75. The predicted octanol–water partition coefficient (Wildman–Crippen LogP) is 5.03. The van der Waals surface area contributed by atoms with Crippen molar-refractivity contribution >= 4 is 0 Å². The molecule has 0 nitrogen and oxygen atoms in total. The second-order valence-corrected chi connectivity index (χ2v) is 4.46. The molecule has 0 amide bonds. The minimum absolute atomic E-state index is 0.955. The lowest BCUT2D eigenvalue weighted by Crippen LogP contribution is -2.11. The predicted molar refractivity (Wildman–Crippen MR) is 62.0 cm³/mol. The van der Waals surface area contributed by atoms with Crippen LogP contribution < -0.4 is 0 Å². The standard InChI is InChI=1S/C13H28/c1-5-8-11-13(10-7-3)12(4)9-6-2/h12-13H,5-11H2,1-4H3. The molecule has 0 bridgehead atoms. The van der Waals surface area contributed by atoms with Gasteiger partial charge in [0.15, 0.2) is 0 Å². The van der Waals surface area contributed by atoms with Gasteiger partial charge in [-0.25, -0.2) is 0 Å². The number of rotatable bonds is 8. The molecule has 13 heavy (non-hydrogen) atoms. The van der Waals surface area contributed by atoms with Crippen LogP contribution in [0.15, 0.2) is 0 Å². The second-order valence-electron chi connectivity index (χ2n) is 4.46. The Bertz CT molecular complexity index is 96.2. The van der Waals surface area contributed by atoms with Crippen molar-refractivity contribution in [1.82, 2.24) is 0 Å². The Labute approximate surface area is 85.1 Å². The molecule has 0 aromatic rings. The van der Waals surface area contributed by atoms with Crippen molar-refractivity contribution in [1.29, 1.82) is 0 Å². The lowest BCUT2D eigenvalue weighted by Gasteiger charge is -2.23. The molecule has 0 spiro atoms. The number of hydrogen-bond acceptors (Lipinski definition) is 0. The summed E-state index contributed by atoms with van der Waals surface area (Å²) in [7, 11) is 0. The highest BCUT2D eigenvalue weighted by molar-refractivity contribution is 4.66. The molecular weight excluding hydrogens is 156 g/mol. The van der Waals surface area contributed by atoms with Crippen molar-refractivity contribution in [2.45, 2.75) is 72.6 Å². The van der Waals surface area contributed by atoms with E-state index in [0.29, 0.717) is 0 Å². The zero-order valence-corrected chi connectivity index (χ0v) is 10.1. The molecule has 0 fully saturated rings. The van der Waals surface area contributed by atoms with Crippen molar-refractivity contribution in [3.63, 3.8) is 0 Å². The van der Waals surface area contributed by atoms with Crippen molar-refractivity contribution in [2.24, 2.45) is 11.8 Å². The molecule has 0 saturated carbocycles. The smallest absolute Gasteiger partial charge is 0.0389 e. The lowest BCUT2D eigenvalue weighted by atomic mass is 9.83. The summed E-state index contributed by atoms with van der Waals surface area (Å²) in [6, 6.07) is 0. The van der Waals surface area contributed by atoms with E-state index in [2.05, 4.69) is 27.7 Å². The summed E-state index contributed by atoms with van der Waals surface area (Å²) in [6.45, 7) is 9.36. The summed E-state index contributed by atoms with van der Waals surface area (Å²) in [5.74, 6) is 1.96. The van der Waals surface area contributed by atoms with E-state index in [4.69, 9.17) is 0 Å². The van der Waals surface area contributed by atoms with E-state index in [-0.39, 0.29) is 0 Å². The van der Waals surface area contributed by atoms with Crippen LogP contribution in [0.4, 0.5) is 0 Å². The van der Waals surface area contributed by atoms with Gasteiger partial charge in [-0.15, -0.1) is 0 Å². The Morgan fingerprint density at radius 2 is 1.38 bits per heavy atom. The third-order valence-electron chi connectivity index (χ3n) is 3.14. The van der Waals surface area contributed by atoms with Crippen LogP contribution in [0, 0.1) is 11.8 Å². The van der Waals surface area contributed by atoms with E-state index in [0.717, 1.165) is 11.8 Å². The molecule has 0 rings (SSSR count). The van der Waals surface area contributed by atoms with Crippen LogP contribution in [0.1, 0.15) is 72.6 Å². The summed E-state index contributed by atoms with van der Waals surface area (Å²) in [5, 5.41) is 0. The van der Waals surface area contributed by atoms with Gasteiger partial charge in [-0.1, -0.05) is 72.6 Å². The fourth-order valence-electron chi connectivity index (χ4n) is 2.24. The van der Waals surface area contributed by atoms with E-state index in [9.17, 15) is 0 Å². The molecule has 0 radical (unpaired) electrons. The Morgan fingerprint density at radius 3 is 1.85 bits per heavy atom. The van der Waals surface area contributed by atoms with E-state index in [1.54, 1.807) is 0 Å². The SMILES string of the molecule is CCCCC(CCC)C(C)CCC. The van der Waals surface area contributed by atoms with Crippen molar-refractivity contribution in [2.75, 3.05) is 0 Å². The van der Waals surface area contributed by atoms with Gasteiger partial charge in [-0.2, -0.15) is 0 Å². The van der Waals surface area contributed by atoms with Crippen molar-refractivity contribution in [3.05, 3.63) is 0 Å². The van der Waals surface area contributed by atoms with E-state index < -0.39 is 0 Å². The van der Waals surface area contributed by atoms with Gasteiger partial charge in [0.1, 0.15) is 0 Å². The van der Waals surface area contributed by atoms with Gasteiger partial charge in [0, 0.05) is 0 Å². The summed E-state index contributed by atoms with van der Waals surface area (Å²) in [5.41, 5.74) is 0. The van der Waals surface area contributed by atoms with Gasteiger partial charge in [0.25, 0.3) is 0 Å². The lowest BCUT2D eigenvalue weighted by molar-refractivity contribution is 0.288. The van der Waals surface area contributed by atoms with Crippen LogP contribution in [0.5, 0.6) is 0 Å². The number of hydrogen-bond donors (Lipinski definition) is 0. The number of unbranched alkanes of at least 4 members (excludes halogenated alkanes) is 1. The summed E-state index contributed by atoms with van der Waals surface area (Å²) in [4.78, 5) is 0. The van der Waals surface area contributed by atoms with E-state index >= 15 is 0 Å². The minimum atomic E-state index is 0.955. The van der Waals surface area contributed by atoms with Gasteiger partial charge in [0.2, 0.25) is 0 Å². The maximum Gasteiger partial charge on any atom is -0.0389 e. The molecule has 0 aliphatic carbocycles. The highest BCUT2D eigenvalue weighted by Crippen LogP contribution is 2.26. The molecule has 2 unspecified atom stereocenters. The molecule has 0 saturated heterocycles. The molecule has 0 heteroatoms. The largest absolute Gasteiger partial charge is 0.0654 e. The van der Waals surface area contributed by atoms with Gasteiger partial charge in [-0.3, -0.25) is 0 Å². The molecule has 0 aromatic heterocycles. The van der Waals surface area contributed by atoms with Gasteiger partial charge >= 0.3 is 0 Å². The maximum absolute atomic E-state index is 2.44. The minimum Gasteiger partial charge on any atom is -0.0654 e. The summed E-state index contributed by atoms with van der Waals surface area (Å²) < 4.78 is 0. The normalized spacial score (nSPS) is 15.7. The Hall–Kier alpha value is 0. The van der Waals surface area contributed by atoms with Crippen molar-refractivity contribution in [3.8, 4) is 0 Å². The molecule has 0 aliphatic rings. The first-order chi connectivity index (χ1) is 6.26. The Kier molecular flexibility index (Phi) is 8.59. The quantitative estimate of drug-likeness (QED) is 0.496. The van der Waals surface area contributed by atoms with Crippen LogP contribution in [-0.2, 0) is 0 Å². The van der Waals surface area contributed by atoms with Crippen LogP contribution in [0.2, 0.25) is 0 Å². The molecule has 2 atom stereocenters. The highest BCUT2D eigenvalue weighted by atomic mass is 14.2. The van der Waals surface area contributed by atoms with E-state index in [1.165, 1.54) is 44.9 Å². The molecule has 80 valence electrons. The first-order valence-electron chi connectivity index (χ1n) is 6.26. The maximum atomic E-state index is 2.44. The third-order valence-corrected chi connectivity index (χ3v) is 3.14. The monoisotopic (exact) mass is 184 g/mol. The average molecular weight is 184 g/mol. The van der Waals surface area contributed by atoms with Gasteiger partial charge < -0.3 is 0 Å². The topological polar surface area (TPSA) is 0 Å². The van der Waals surface area contributed by atoms with Crippen LogP contribution >= 0.6 is 0 Å². The summed E-state index contributed by atoms with van der Waals surface area (Å²) in [6.07, 6.45) is 9.84. The third kappa shape index (κ3) is 6.12. The molecule has 0 heterocycles. The fourth-order valence-corrected chi connectivity index (χ4v) is 2.24. The van der Waals surface area contributed by atoms with Gasteiger partial charge in [-0.05, 0) is 11.8 Å². The van der Waals surface area contributed by atoms with Crippen molar-refractivity contribution < 1.29 is 0 Å². The van der Waals surface area contributed by atoms with Crippen LogP contribution in [0.25, 0.3) is 0 Å². The summed E-state index contributed by atoms with van der Waals surface area (Å²) >= 11 is 0. The highest BCUT2D eigenvalue weighted by Gasteiger charge is 2.14. The Morgan fingerprint density at radius 1 is 0.769 bits per heavy atom. The first kappa shape index (κ1) is 13.0. The molecule has 0 aromatic carbocycles. The fraction of sp³-hybridized carbons (Fsp3) is 1.00. The first-order valence-corrected chi connectivity index (χ1v) is 6.26. The van der Waals surface area contributed by atoms with Gasteiger partial charge in [0.05, 0.1) is 0 Å². The van der Waals surface area contributed by atoms with Crippen LogP contribution in [0.3, 0.4) is 0 Å².